The van der Waals surface area contributed by atoms with Crippen LogP contribution in [0.3, 0.4) is 0 Å². The van der Waals surface area contributed by atoms with Crippen LogP contribution in [0.15, 0.2) is 59.4 Å². The lowest BCUT2D eigenvalue weighted by atomic mass is 9.98. The highest BCUT2D eigenvalue weighted by molar-refractivity contribution is 5.69. The molecule has 0 radical (unpaired) electrons. The molecular weight excluding hydrogens is 355 g/mol. The van der Waals surface area contributed by atoms with Crippen LogP contribution in [0.2, 0.25) is 0 Å². The molecule has 0 aliphatic rings. The Morgan fingerprint density at radius 3 is 2.26 bits per heavy atom. The van der Waals surface area contributed by atoms with Crippen LogP contribution >= 0.6 is 0 Å². The first-order chi connectivity index (χ1) is 12.7. The van der Waals surface area contributed by atoms with Crippen LogP contribution in [0.1, 0.15) is 31.0 Å². The Labute approximate surface area is 154 Å². The normalized spacial score (nSPS) is 11.8. The van der Waals surface area contributed by atoms with Crippen LogP contribution in [0.25, 0.3) is 16.8 Å². The SMILES string of the molecule is CC(C)c1nn(-c2ccc(C(F)(F)F)cc2)c(=O)cc1-c1cccc(N)c1. The lowest BCUT2D eigenvalue weighted by Gasteiger charge is -2.15. The number of nitrogens with zero attached hydrogens (tertiary/aromatic N) is 2. The first-order valence-electron chi connectivity index (χ1n) is 8.34. The van der Waals surface area contributed by atoms with Crippen LogP contribution in [-0.2, 0) is 6.18 Å². The molecule has 7 heteroatoms. The van der Waals surface area contributed by atoms with Gasteiger partial charge in [0.25, 0.3) is 5.56 Å². The molecule has 0 atom stereocenters. The van der Waals surface area contributed by atoms with Crippen molar-refractivity contribution in [3.8, 4) is 16.8 Å². The predicted molar refractivity (Wildman–Crippen MR) is 98.8 cm³/mol. The minimum Gasteiger partial charge on any atom is -0.399 e. The minimum atomic E-state index is -4.43. The van der Waals surface area contributed by atoms with Crippen molar-refractivity contribution in [2.24, 2.45) is 0 Å². The molecule has 3 rings (SSSR count). The van der Waals surface area contributed by atoms with E-state index in [4.69, 9.17) is 5.73 Å². The quantitative estimate of drug-likeness (QED) is 0.681. The van der Waals surface area contributed by atoms with Gasteiger partial charge in [0, 0.05) is 17.3 Å². The van der Waals surface area contributed by atoms with Crippen molar-refractivity contribution in [2.45, 2.75) is 25.9 Å². The summed E-state index contributed by atoms with van der Waals surface area (Å²) in [7, 11) is 0. The van der Waals surface area contributed by atoms with Crippen LogP contribution in [0, 0.1) is 0 Å². The van der Waals surface area contributed by atoms with Crippen molar-refractivity contribution >= 4 is 5.69 Å². The Balaban J connectivity index is 2.13. The number of halogens is 3. The molecular formula is C20H18F3N3O. The Kier molecular flexibility index (Phi) is 4.78. The molecule has 3 aromatic rings. The number of nitrogen functional groups attached to an aromatic ring is 1. The third kappa shape index (κ3) is 3.86. The number of hydrogen-bond donors (Lipinski definition) is 1. The van der Waals surface area contributed by atoms with Crippen molar-refractivity contribution in [1.82, 2.24) is 9.78 Å². The van der Waals surface area contributed by atoms with Crippen LogP contribution in [0.4, 0.5) is 18.9 Å². The van der Waals surface area contributed by atoms with Gasteiger partial charge in [-0.3, -0.25) is 4.79 Å². The van der Waals surface area contributed by atoms with E-state index in [1.54, 1.807) is 18.2 Å². The van der Waals surface area contributed by atoms with Crippen LogP contribution < -0.4 is 11.3 Å². The molecule has 0 aliphatic carbocycles. The van der Waals surface area contributed by atoms with Gasteiger partial charge in [-0.15, -0.1) is 0 Å². The van der Waals surface area contributed by atoms with Gasteiger partial charge >= 0.3 is 6.18 Å². The van der Waals surface area contributed by atoms with Crippen LogP contribution in [-0.4, -0.2) is 9.78 Å². The van der Waals surface area contributed by atoms with Gasteiger partial charge in [0.1, 0.15) is 0 Å². The monoisotopic (exact) mass is 373 g/mol. The molecule has 0 unspecified atom stereocenters. The zero-order valence-electron chi connectivity index (χ0n) is 14.8. The molecule has 4 nitrogen and oxygen atoms in total. The molecule has 0 saturated heterocycles. The molecule has 0 bridgehead atoms. The third-order valence-corrected chi connectivity index (χ3v) is 4.14. The van der Waals surface area contributed by atoms with E-state index in [-0.39, 0.29) is 11.6 Å². The molecule has 2 aromatic carbocycles. The molecule has 1 heterocycles. The summed E-state index contributed by atoms with van der Waals surface area (Å²) in [5.41, 5.74) is 7.54. The van der Waals surface area contributed by atoms with E-state index in [1.807, 2.05) is 19.9 Å². The standard InChI is InChI=1S/C20H18F3N3O/c1-12(2)19-17(13-4-3-5-15(24)10-13)11-18(27)26(25-19)16-8-6-14(7-9-16)20(21,22)23/h3-12H,24H2,1-2H3. The third-order valence-electron chi connectivity index (χ3n) is 4.14. The molecule has 27 heavy (non-hydrogen) atoms. The highest BCUT2D eigenvalue weighted by atomic mass is 19.4. The van der Waals surface area contributed by atoms with Crippen molar-refractivity contribution < 1.29 is 13.2 Å². The lowest BCUT2D eigenvalue weighted by molar-refractivity contribution is -0.137. The maximum atomic E-state index is 12.8. The second-order valence-electron chi connectivity index (χ2n) is 6.52. The fourth-order valence-electron chi connectivity index (χ4n) is 2.81. The van der Waals surface area contributed by atoms with Crippen molar-refractivity contribution in [2.75, 3.05) is 5.73 Å². The summed E-state index contributed by atoms with van der Waals surface area (Å²) >= 11 is 0. The Morgan fingerprint density at radius 2 is 1.70 bits per heavy atom. The van der Waals surface area contributed by atoms with E-state index >= 15 is 0 Å². The zero-order chi connectivity index (χ0) is 19.8. The van der Waals surface area contributed by atoms with Gasteiger partial charge in [0.05, 0.1) is 16.9 Å². The lowest BCUT2D eigenvalue weighted by Crippen LogP contribution is -2.23. The number of hydrogen-bond acceptors (Lipinski definition) is 3. The minimum absolute atomic E-state index is 0.0114. The summed E-state index contributed by atoms with van der Waals surface area (Å²) in [5.74, 6) is -0.0114. The maximum Gasteiger partial charge on any atom is 0.416 e. The topological polar surface area (TPSA) is 60.9 Å². The maximum absolute atomic E-state index is 12.8. The fourth-order valence-corrected chi connectivity index (χ4v) is 2.81. The highest BCUT2D eigenvalue weighted by Gasteiger charge is 2.30. The number of aromatic nitrogens is 2. The van der Waals surface area contributed by atoms with E-state index in [2.05, 4.69) is 5.10 Å². The Bertz CT molecular complexity index is 1020. The van der Waals surface area contributed by atoms with Gasteiger partial charge in [-0.1, -0.05) is 26.0 Å². The molecule has 0 amide bonds. The first kappa shape index (κ1) is 18.7. The summed E-state index contributed by atoms with van der Waals surface area (Å²) in [4.78, 5) is 12.6. The number of alkyl halides is 3. The zero-order valence-corrected chi connectivity index (χ0v) is 14.8. The van der Waals surface area contributed by atoms with Gasteiger partial charge in [-0.2, -0.15) is 23.0 Å². The van der Waals surface area contributed by atoms with Crippen molar-refractivity contribution in [3.63, 3.8) is 0 Å². The average molecular weight is 373 g/mol. The predicted octanol–water partition coefficient (Wildman–Crippen LogP) is 4.62. The second kappa shape index (κ2) is 6.90. The molecule has 0 fully saturated rings. The van der Waals surface area contributed by atoms with Gasteiger partial charge in [0.15, 0.2) is 0 Å². The van der Waals surface area contributed by atoms with E-state index in [1.165, 1.54) is 18.2 Å². The van der Waals surface area contributed by atoms with E-state index in [0.717, 1.165) is 22.4 Å². The molecule has 0 aliphatic heterocycles. The molecule has 1 aromatic heterocycles. The summed E-state index contributed by atoms with van der Waals surface area (Å²) in [6.45, 7) is 3.86. The smallest absolute Gasteiger partial charge is 0.399 e. The fraction of sp³-hybridized carbons (Fsp3) is 0.200. The molecule has 0 saturated carbocycles. The number of nitrogens with two attached hydrogens (primary N) is 1. The Hall–Kier alpha value is -3.09. The van der Waals surface area contributed by atoms with E-state index in [9.17, 15) is 18.0 Å². The van der Waals surface area contributed by atoms with E-state index in [0.29, 0.717) is 16.9 Å². The average Bonchev–Trinajstić information content (AvgIpc) is 2.60. The van der Waals surface area contributed by atoms with Crippen molar-refractivity contribution in [1.29, 1.82) is 0 Å². The molecule has 140 valence electrons. The van der Waals surface area contributed by atoms with Gasteiger partial charge in [-0.25, -0.2) is 0 Å². The number of benzene rings is 2. The summed E-state index contributed by atoms with van der Waals surface area (Å²) in [6, 6.07) is 12.9. The first-order valence-corrected chi connectivity index (χ1v) is 8.34. The largest absolute Gasteiger partial charge is 0.416 e. The van der Waals surface area contributed by atoms with Crippen molar-refractivity contribution in [3.05, 3.63) is 76.2 Å². The van der Waals surface area contributed by atoms with Crippen LogP contribution in [0.5, 0.6) is 0 Å². The second-order valence-corrected chi connectivity index (χ2v) is 6.52. The van der Waals surface area contributed by atoms with E-state index < -0.39 is 17.3 Å². The van der Waals surface area contributed by atoms with Gasteiger partial charge < -0.3 is 5.73 Å². The summed E-state index contributed by atoms with van der Waals surface area (Å²) in [6.07, 6.45) is -4.43. The summed E-state index contributed by atoms with van der Waals surface area (Å²) < 4.78 is 39.4. The highest BCUT2D eigenvalue weighted by Crippen LogP contribution is 2.30. The molecule has 2 N–H and O–H groups in total. The number of anilines is 1. The Morgan fingerprint density at radius 1 is 1.04 bits per heavy atom. The van der Waals surface area contributed by atoms with Gasteiger partial charge in [0.2, 0.25) is 0 Å². The molecule has 0 spiro atoms. The number of rotatable bonds is 3. The van der Waals surface area contributed by atoms with Gasteiger partial charge in [-0.05, 0) is 47.9 Å². The summed E-state index contributed by atoms with van der Waals surface area (Å²) in [5, 5.41) is 4.42.